The summed E-state index contributed by atoms with van der Waals surface area (Å²) in [5.74, 6) is 0.159. The molecule has 0 saturated heterocycles. The van der Waals surface area contributed by atoms with Crippen LogP contribution in [0.15, 0.2) is 59.9 Å². The maximum absolute atomic E-state index is 9.67. The van der Waals surface area contributed by atoms with E-state index in [-0.39, 0.29) is 5.75 Å². The van der Waals surface area contributed by atoms with Gasteiger partial charge in [0, 0.05) is 23.7 Å². The van der Waals surface area contributed by atoms with Crippen LogP contribution in [0.3, 0.4) is 0 Å². The van der Waals surface area contributed by atoms with Gasteiger partial charge in [0.05, 0.1) is 29.2 Å². The molecular weight excluding hydrogens is 342 g/mol. The van der Waals surface area contributed by atoms with Gasteiger partial charge >= 0.3 is 0 Å². The molecule has 2 aromatic carbocycles. The monoisotopic (exact) mass is 357 g/mol. The van der Waals surface area contributed by atoms with Crippen molar-refractivity contribution in [2.75, 3.05) is 0 Å². The van der Waals surface area contributed by atoms with Crippen LogP contribution >= 0.6 is 0 Å². The van der Waals surface area contributed by atoms with E-state index in [1.54, 1.807) is 36.0 Å². The number of phenols is 1. The molecule has 27 heavy (non-hydrogen) atoms. The van der Waals surface area contributed by atoms with Gasteiger partial charge in [-0.2, -0.15) is 10.4 Å². The number of aromatic nitrogens is 3. The Kier molecular flexibility index (Phi) is 3.86. The zero-order valence-corrected chi connectivity index (χ0v) is 14.4. The molecule has 7 nitrogen and oxygen atoms in total. The second-order valence-corrected chi connectivity index (χ2v) is 6.02. The summed E-state index contributed by atoms with van der Waals surface area (Å²) in [4.78, 5) is 0. The number of hydrogen-bond acceptors (Lipinski definition) is 5. The van der Waals surface area contributed by atoms with Crippen LogP contribution in [0.25, 0.3) is 28.0 Å². The van der Waals surface area contributed by atoms with Gasteiger partial charge in [0.1, 0.15) is 17.5 Å². The predicted octanol–water partition coefficient (Wildman–Crippen LogP) is 3.42. The minimum Gasteiger partial charge on any atom is -0.508 e. The quantitative estimate of drug-likeness (QED) is 0.333. The van der Waals surface area contributed by atoms with Crippen LogP contribution in [0, 0.1) is 11.3 Å². The molecule has 4 rings (SSSR count). The summed E-state index contributed by atoms with van der Waals surface area (Å²) in [6, 6.07) is 16.6. The second kappa shape index (κ2) is 6.35. The maximum atomic E-state index is 9.67. The highest BCUT2D eigenvalue weighted by Gasteiger charge is 2.23. The smallest absolute Gasteiger partial charge is 0.115 e. The van der Waals surface area contributed by atoms with Crippen molar-refractivity contribution in [3.8, 4) is 28.9 Å². The molecule has 0 aliphatic heterocycles. The van der Waals surface area contributed by atoms with Gasteiger partial charge in [-0.25, -0.2) is 0 Å². The van der Waals surface area contributed by atoms with Crippen LogP contribution < -0.4 is 0 Å². The standard InChI is InChI=1S/C20H15N5O2/c1-24-19(13(10-21)11-22-24)20-17(12-23-27)16-4-2-3-5-18(16)25(20)14-6-8-15(26)9-7-14/h2-9,11-12,26-27H,1H3/b23-12-. The summed E-state index contributed by atoms with van der Waals surface area (Å²) in [6.45, 7) is 0. The Morgan fingerprint density at radius 3 is 2.56 bits per heavy atom. The first-order valence-corrected chi connectivity index (χ1v) is 8.18. The van der Waals surface area contributed by atoms with Crippen molar-refractivity contribution in [1.82, 2.24) is 14.3 Å². The zero-order chi connectivity index (χ0) is 19.0. The van der Waals surface area contributed by atoms with Gasteiger partial charge in [-0.1, -0.05) is 23.4 Å². The van der Waals surface area contributed by atoms with Crippen molar-refractivity contribution in [3.05, 3.63) is 65.9 Å². The summed E-state index contributed by atoms with van der Waals surface area (Å²) in [5.41, 5.74) is 4.03. The number of nitrogens with zero attached hydrogens (tertiary/aromatic N) is 5. The minimum atomic E-state index is 0.159. The number of rotatable bonds is 3. The fourth-order valence-electron chi connectivity index (χ4n) is 3.36. The summed E-state index contributed by atoms with van der Waals surface area (Å²) in [5, 5.41) is 36.8. The number of aryl methyl sites for hydroxylation is 1. The van der Waals surface area contributed by atoms with Crippen molar-refractivity contribution < 1.29 is 10.3 Å². The first-order valence-electron chi connectivity index (χ1n) is 8.18. The number of aromatic hydroxyl groups is 1. The molecule has 2 heterocycles. The number of nitriles is 1. The molecule has 4 aromatic rings. The van der Waals surface area contributed by atoms with Gasteiger partial charge in [-0.3, -0.25) is 4.68 Å². The van der Waals surface area contributed by atoms with E-state index in [2.05, 4.69) is 16.3 Å². The fourth-order valence-corrected chi connectivity index (χ4v) is 3.36. The van der Waals surface area contributed by atoms with E-state index in [0.29, 0.717) is 22.5 Å². The highest BCUT2D eigenvalue weighted by Crippen LogP contribution is 2.37. The Bertz CT molecular complexity index is 1210. The van der Waals surface area contributed by atoms with Crippen LogP contribution in [0.2, 0.25) is 0 Å². The Labute approximate surface area is 154 Å². The summed E-state index contributed by atoms with van der Waals surface area (Å²) in [7, 11) is 1.76. The molecule has 0 atom stereocenters. The van der Waals surface area contributed by atoms with Crippen LogP contribution in [0.5, 0.6) is 5.75 Å². The third-order valence-corrected chi connectivity index (χ3v) is 4.49. The van der Waals surface area contributed by atoms with E-state index in [1.807, 2.05) is 28.8 Å². The number of fused-ring (bicyclic) bond motifs is 1. The minimum absolute atomic E-state index is 0.159. The number of benzene rings is 2. The number of oxime groups is 1. The SMILES string of the molecule is Cn1ncc(C#N)c1-c1c(/C=N\O)c2ccccc2n1-c1ccc(O)cc1. The molecule has 0 saturated carbocycles. The summed E-state index contributed by atoms with van der Waals surface area (Å²) in [6.07, 6.45) is 2.87. The van der Waals surface area contributed by atoms with Crippen LogP contribution in [0.4, 0.5) is 0 Å². The molecule has 2 aromatic heterocycles. The van der Waals surface area contributed by atoms with Crippen molar-refractivity contribution in [2.45, 2.75) is 0 Å². The van der Waals surface area contributed by atoms with E-state index in [9.17, 15) is 15.6 Å². The largest absolute Gasteiger partial charge is 0.508 e. The normalized spacial score (nSPS) is 11.3. The molecule has 0 aliphatic carbocycles. The van der Waals surface area contributed by atoms with E-state index < -0.39 is 0 Å². The Hall–Kier alpha value is -4.05. The average molecular weight is 357 g/mol. The average Bonchev–Trinajstić information content (AvgIpc) is 3.20. The van der Waals surface area contributed by atoms with Gasteiger partial charge in [0.2, 0.25) is 0 Å². The van der Waals surface area contributed by atoms with Crippen molar-refractivity contribution in [2.24, 2.45) is 12.2 Å². The molecular formula is C20H15N5O2. The summed E-state index contributed by atoms with van der Waals surface area (Å²) < 4.78 is 3.59. The van der Waals surface area contributed by atoms with Crippen LogP contribution in [-0.2, 0) is 7.05 Å². The van der Waals surface area contributed by atoms with Crippen molar-refractivity contribution in [3.63, 3.8) is 0 Å². The van der Waals surface area contributed by atoms with Gasteiger partial charge in [-0.15, -0.1) is 0 Å². The Morgan fingerprint density at radius 1 is 1.11 bits per heavy atom. The molecule has 0 unspecified atom stereocenters. The number of para-hydroxylation sites is 1. The lowest BCUT2D eigenvalue weighted by Gasteiger charge is -2.12. The number of phenolic OH excluding ortho intramolecular Hbond substituents is 1. The molecule has 0 aliphatic rings. The molecule has 0 spiro atoms. The lowest BCUT2D eigenvalue weighted by Crippen LogP contribution is -2.04. The third-order valence-electron chi connectivity index (χ3n) is 4.49. The topological polar surface area (TPSA) is 99.4 Å². The first-order chi connectivity index (χ1) is 13.2. The molecule has 2 N–H and O–H groups in total. The fraction of sp³-hybridized carbons (Fsp3) is 0.0500. The van der Waals surface area contributed by atoms with E-state index in [1.165, 1.54) is 12.4 Å². The predicted molar refractivity (Wildman–Crippen MR) is 101 cm³/mol. The van der Waals surface area contributed by atoms with E-state index in [0.717, 1.165) is 16.6 Å². The molecule has 0 amide bonds. The molecule has 0 fully saturated rings. The molecule has 132 valence electrons. The van der Waals surface area contributed by atoms with Crippen LogP contribution in [0.1, 0.15) is 11.1 Å². The maximum Gasteiger partial charge on any atom is 0.115 e. The lowest BCUT2D eigenvalue weighted by molar-refractivity contribution is 0.322. The van der Waals surface area contributed by atoms with Gasteiger partial charge in [-0.05, 0) is 30.3 Å². The van der Waals surface area contributed by atoms with Crippen molar-refractivity contribution in [1.29, 1.82) is 5.26 Å². The van der Waals surface area contributed by atoms with E-state index in [4.69, 9.17) is 0 Å². The second-order valence-electron chi connectivity index (χ2n) is 6.02. The van der Waals surface area contributed by atoms with Crippen molar-refractivity contribution >= 4 is 17.1 Å². The Morgan fingerprint density at radius 2 is 1.85 bits per heavy atom. The van der Waals surface area contributed by atoms with Crippen LogP contribution in [-0.4, -0.2) is 30.9 Å². The number of hydrogen-bond donors (Lipinski definition) is 2. The van der Waals surface area contributed by atoms with E-state index >= 15 is 0 Å². The lowest BCUT2D eigenvalue weighted by atomic mass is 10.1. The third kappa shape index (κ3) is 2.51. The first kappa shape index (κ1) is 16.4. The highest BCUT2D eigenvalue weighted by molar-refractivity contribution is 6.07. The molecule has 7 heteroatoms. The molecule has 0 bridgehead atoms. The summed E-state index contributed by atoms with van der Waals surface area (Å²) >= 11 is 0. The molecule has 0 radical (unpaired) electrons. The van der Waals surface area contributed by atoms with Gasteiger partial charge in [0.25, 0.3) is 0 Å². The zero-order valence-electron chi connectivity index (χ0n) is 14.4. The van der Waals surface area contributed by atoms with Gasteiger partial charge in [0.15, 0.2) is 0 Å². The highest BCUT2D eigenvalue weighted by atomic mass is 16.4. The Balaban J connectivity index is 2.20. The van der Waals surface area contributed by atoms with Gasteiger partial charge < -0.3 is 14.9 Å².